The van der Waals surface area contributed by atoms with Gasteiger partial charge >= 0.3 is 5.97 Å². The SMILES string of the molecule is C=CCCC(=O)Oc1ccc(N=Nc2ccc(CCCC)cc2)cc1. The van der Waals surface area contributed by atoms with Crippen LogP contribution in [0, 0.1) is 0 Å². The summed E-state index contributed by atoms with van der Waals surface area (Å²) in [5, 5.41) is 8.44. The Morgan fingerprint density at radius 3 is 2.20 bits per heavy atom. The molecular weight excluding hydrogens is 312 g/mol. The van der Waals surface area contributed by atoms with E-state index in [2.05, 4.69) is 35.9 Å². The maximum Gasteiger partial charge on any atom is 0.311 e. The average molecular weight is 336 g/mol. The van der Waals surface area contributed by atoms with E-state index in [0.29, 0.717) is 24.3 Å². The van der Waals surface area contributed by atoms with Crippen molar-refractivity contribution in [2.75, 3.05) is 0 Å². The number of carbonyl (C=O) groups excluding carboxylic acids is 1. The van der Waals surface area contributed by atoms with E-state index in [0.717, 1.165) is 12.1 Å². The third kappa shape index (κ3) is 6.71. The molecule has 0 radical (unpaired) electrons. The Morgan fingerprint density at radius 1 is 1.04 bits per heavy atom. The maximum atomic E-state index is 11.5. The topological polar surface area (TPSA) is 51.0 Å². The van der Waals surface area contributed by atoms with Crippen LogP contribution in [0.2, 0.25) is 0 Å². The summed E-state index contributed by atoms with van der Waals surface area (Å²) in [6.07, 6.45) is 6.13. The summed E-state index contributed by atoms with van der Waals surface area (Å²) in [7, 11) is 0. The van der Waals surface area contributed by atoms with Gasteiger partial charge in [-0.15, -0.1) is 6.58 Å². The van der Waals surface area contributed by atoms with Gasteiger partial charge in [-0.05, 0) is 61.2 Å². The Kier molecular flexibility index (Phi) is 7.57. The lowest BCUT2D eigenvalue weighted by Crippen LogP contribution is -2.06. The third-order valence-corrected chi connectivity index (χ3v) is 3.66. The number of unbranched alkanes of at least 4 members (excludes halogenated alkanes) is 1. The van der Waals surface area contributed by atoms with Crippen LogP contribution in [0.5, 0.6) is 5.75 Å². The van der Waals surface area contributed by atoms with Crippen LogP contribution in [0.15, 0.2) is 71.4 Å². The molecule has 0 saturated carbocycles. The second-order valence-corrected chi connectivity index (χ2v) is 5.77. The van der Waals surface area contributed by atoms with E-state index in [1.807, 2.05) is 12.1 Å². The highest BCUT2D eigenvalue weighted by Crippen LogP contribution is 2.22. The predicted molar refractivity (Wildman–Crippen MR) is 101 cm³/mol. The Labute approximate surface area is 149 Å². The monoisotopic (exact) mass is 336 g/mol. The van der Waals surface area contributed by atoms with Crippen molar-refractivity contribution in [1.29, 1.82) is 0 Å². The van der Waals surface area contributed by atoms with Gasteiger partial charge in [-0.25, -0.2) is 0 Å². The smallest absolute Gasteiger partial charge is 0.311 e. The minimum Gasteiger partial charge on any atom is -0.427 e. The van der Waals surface area contributed by atoms with Crippen molar-refractivity contribution in [3.63, 3.8) is 0 Å². The molecule has 0 aliphatic heterocycles. The number of nitrogens with zero attached hydrogens (tertiary/aromatic N) is 2. The summed E-state index contributed by atoms with van der Waals surface area (Å²) in [5.41, 5.74) is 2.85. The lowest BCUT2D eigenvalue weighted by Gasteiger charge is -2.03. The van der Waals surface area contributed by atoms with E-state index in [9.17, 15) is 4.79 Å². The number of azo groups is 1. The average Bonchev–Trinajstić information content (AvgIpc) is 2.65. The molecule has 0 unspecified atom stereocenters. The zero-order valence-electron chi connectivity index (χ0n) is 14.6. The Morgan fingerprint density at radius 2 is 1.64 bits per heavy atom. The first-order valence-electron chi connectivity index (χ1n) is 8.63. The molecule has 0 aromatic heterocycles. The first-order valence-corrected chi connectivity index (χ1v) is 8.63. The fourth-order valence-electron chi connectivity index (χ4n) is 2.21. The van der Waals surface area contributed by atoms with Gasteiger partial charge in [0.1, 0.15) is 5.75 Å². The number of benzene rings is 2. The lowest BCUT2D eigenvalue weighted by atomic mass is 10.1. The van der Waals surface area contributed by atoms with Crippen LogP contribution in [0.1, 0.15) is 38.2 Å². The fraction of sp³-hybridized carbons (Fsp3) is 0.286. The van der Waals surface area contributed by atoms with E-state index in [4.69, 9.17) is 4.74 Å². The molecule has 0 spiro atoms. The standard InChI is InChI=1S/C21H24N2O2/c1-3-5-7-17-9-11-18(12-10-17)22-23-19-13-15-20(16-14-19)25-21(24)8-6-4-2/h4,9-16H,2-3,5-8H2,1H3. The first-order chi connectivity index (χ1) is 12.2. The minimum absolute atomic E-state index is 0.266. The molecule has 0 bridgehead atoms. The zero-order valence-corrected chi connectivity index (χ0v) is 14.6. The summed E-state index contributed by atoms with van der Waals surface area (Å²) in [5.74, 6) is 0.241. The Bertz CT molecular complexity index is 704. The molecule has 0 aliphatic rings. The summed E-state index contributed by atoms with van der Waals surface area (Å²) in [6.45, 7) is 5.77. The highest BCUT2D eigenvalue weighted by molar-refractivity contribution is 5.72. The van der Waals surface area contributed by atoms with Gasteiger partial charge in [0, 0.05) is 6.42 Å². The van der Waals surface area contributed by atoms with Crippen molar-refractivity contribution in [3.8, 4) is 5.75 Å². The van der Waals surface area contributed by atoms with Gasteiger partial charge in [0.05, 0.1) is 11.4 Å². The van der Waals surface area contributed by atoms with E-state index >= 15 is 0 Å². The highest BCUT2D eigenvalue weighted by Gasteiger charge is 2.03. The number of hydrogen-bond donors (Lipinski definition) is 0. The van der Waals surface area contributed by atoms with Gasteiger partial charge in [0.2, 0.25) is 0 Å². The van der Waals surface area contributed by atoms with Crippen molar-refractivity contribution >= 4 is 17.3 Å². The van der Waals surface area contributed by atoms with Gasteiger partial charge in [0.25, 0.3) is 0 Å². The van der Waals surface area contributed by atoms with Gasteiger partial charge in [-0.3, -0.25) is 4.79 Å². The van der Waals surface area contributed by atoms with Gasteiger partial charge in [0.15, 0.2) is 0 Å². The van der Waals surface area contributed by atoms with Crippen molar-refractivity contribution in [3.05, 3.63) is 66.7 Å². The molecule has 0 aliphatic carbocycles. The molecule has 130 valence electrons. The second kappa shape index (κ2) is 10.2. The fourth-order valence-corrected chi connectivity index (χ4v) is 2.21. The number of ether oxygens (including phenoxy) is 1. The van der Waals surface area contributed by atoms with E-state index in [1.165, 1.54) is 18.4 Å². The zero-order chi connectivity index (χ0) is 17.9. The number of rotatable bonds is 9. The Hall–Kier alpha value is -2.75. The molecule has 2 aromatic carbocycles. The molecule has 0 atom stereocenters. The van der Waals surface area contributed by atoms with Crippen LogP contribution < -0.4 is 4.74 Å². The molecule has 0 saturated heterocycles. The van der Waals surface area contributed by atoms with Crippen molar-refractivity contribution < 1.29 is 9.53 Å². The first kappa shape index (κ1) is 18.6. The van der Waals surface area contributed by atoms with Crippen LogP contribution in [0.4, 0.5) is 11.4 Å². The molecule has 25 heavy (non-hydrogen) atoms. The number of aryl methyl sites for hydroxylation is 1. The molecule has 4 nitrogen and oxygen atoms in total. The predicted octanol–water partition coefficient (Wildman–Crippen LogP) is 6.32. The van der Waals surface area contributed by atoms with E-state index in [-0.39, 0.29) is 5.97 Å². The van der Waals surface area contributed by atoms with Gasteiger partial charge in [-0.1, -0.05) is 31.6 Å². The van der Waals surface area contributed by atoms with Crippen molar-refractivity contribution in [2.45, 2.75) is 39.0 Å². The normalized spacial score (nSPS) is 10.8. The molecule has 0 heterocycles. The molecular formula is C21H24N2O2. The Balaban J connectivity index is 1.90. The molecule has 2 aromatic rings. The van der Waals surface area contributed by atoms with Crippen LogP contribution in [-0.2, 0) is 11.2 Å². The van der Waals surface area contributed by atoms with Crippen LogP contribution in [0.3, 0.4) is 0 Å². The molecule has 0 amide bonds. The summed E-state index contributed by atoms with van der Waals surface area (Å²) in [6, 6.07) is 15.1. The second-order valence-electron chi connectivity index (χ2n) is 5.77. The van der Waals surface area contributed by atoms with Crippen molar-refractivity contribution in [2.24, 2.45) is 10.2 Å². The maximum absolute atomic E-state index is 11.5. The van der Waals surface area contributed by atoms with Crippen LogP contribution >= 0.6 is 0 Å². The summed E-state index contributed by atoms with van der Waals surface area (Å²) < 4.78 is 5.22. The van der Waals surface area contributed by atoms with Crippen molar-refractivity contribution in [1.82, 2.24) is 0 Å². The molecule has 4 heteroatoms. The quantitative estimate of drug-likeness (QED) is 0.233. The van der Waals surface area contributed by atoms with Crippen LogP contribution in [-0.4, -0.2) is 5.97 Å². The number of hydrogen-bond acceptors (Lipinski definition) is 4. The van der Waals surface area contributed by atoms with Gasteiger partial charge < -0.3 is 4.74 Å². The summed E-state index contributed by atoms with van der Waals surface area (Å²) in [4.78, 5) is 11.5. The molecule has 2 rings (SSSR count). The largest absolute Gasteiger partial charge is 0.427 e. The number of allylic oxidation sites excluding steroid dienone is 1. The lowest BCUT2D eigenvalue weighted by molar-refractivity contribution is -0.134. The molecule has 0 N–H and O–H groups in total. The number of carbonyl (C=O) groups is 1. The van der Waals surface area contributed by atoms with Gasteiger partial charge in [-0.2, -0.15) is 10.2 Å². The van der Waals surface area contributed by atoms with Crippen LogP contribution in [0.25, 0.3) is 0 Å². The van der Waals surface area contributed by atoms with E-state index in [1.54, 1.807) is 30.3 Å². The number of esters is 1. The highest BCUT2D eigenvalue weighted by atomic mass is 16.5. The third-order valence-electron chi connectivity index (χ3n) is 3.66. The minimum atomic E-state index is -0.266. The molecule has 0 fully saturated rings. The van der Waals surface area contributed by atoms with E-state index < -0.39 is 0 Å². The summed E-state index contributed by atoms with van der Waals surface area (Å²) >= 11 is 0.